The lowest BCUT2D eigenvalue weighted by Crippen LogP contribution is -2.13. The molecule has 2 nitrogen and oxygen atoms in total. The van der Waals surface area contributed by atoms with E-state index in [1.807, 2.05) is 30.3 Å². The fourth-order valence-electron chi connectivity index (χ4n) is 2.16. The van der Waals surface area contributed by atoms with Crippen LogP contribution >= 0.6 is 15.9 Å². The summed E-state index contributed by atoms with van der Waals surface area (Å²) in [6, 6.07) is 16.3. The molecular formula is C18H22BrNO. The average Bonchev–Trinajstić information content (AvgIpc) is 2.50. The van der Waals surface area contributed by atoms with Gasteiger partial charge in [-0.15, -0.1) is 0 Å². The van der Waals surface area contributed by atoms with Crippen LogP contribution < -0.4 is 10.5 Å². The number of halogens is 1. The van der Waals surface area contributed by atoms with Gasteiger partial charge in [-0.25, -0.2) is 0 Å². The minimum atomic E-state index is -0.00612. The Balaban J connectivity index is 1.96. The standard InChI is InChI=1S/C18H22BrNO/c1-2-3-12-21-16-10-8-14(9-11-16)18(20)13-15-6-4-5-7-17(15)19/h4-11,18H,2-3,12-13,20H2,1H3. The lowest BCUT2D eigenvalue weighted by atomic mass is 10.00. The zero-order valence-electron chi connectivity index (χ0n) is 12.4. The summed E-state index contributed by atoms with van der Waals surface area (Å²) in [4.78, 5) is 0. The van der Waals surface area contributed by atoms with E-state index in [-0.39, 0.29) is 6.04 Å². The Kier molecular flexibility index (Phi) is 6.27. The number of nitrogens with two attached hydrogens (primary N) is 1. The lowest BCUT2D eigenvalue weighted by Gasteiger charge is -2.14. The number of hydrogen-bond donors (Lipinski definition) is 1. The van der Waals surface area contributed by atoms with E-state index in [1.54, 1.807) is 0 Å². The van der Waals surface area contributed by atoms with Crippen molar-refractivity contribution >= 4 is 15.9 Å². The molecule has 2 aromatic carbocycles. The molecule has 21 heavy (non-hydrogen) atoms. The zero-order chi connectivity index (χ0) is 15.1. The molecule has 0 aromatic heterocycles. The van der Waals surface area contributed by atoms with Crippen molar-refractivity contribution in [1.29, 1.82) is 0 Å². The molecule has 2 rings (SSSR count). The van der Waals surface area contributed by atoms with Crippen molar-refractivity contribution < 1.29 is 4.74 Å². The number of benzene rings is 2. The molecule has 2 aromatic rings. The van der Waals surface area contributed by atoms with E-state index >= 15 is 0 Å². The summed E-state index contributed by atoms with van der Waals surface area (Å²) in [6.45, 7) is 2.94. The third kappa shape index (κ3) is 4.87. The van der Waals surface area contributed by atoms with E-state index in [1.165, 1.54) is 5.56 Å². The smallest absolute Gasteiger partial charge is 0.119 e. The van der Waals surface area contributed by atoms with Crippen molar-refractivity contribution in [1.82, 2.24) is 0 Å². The first-order valence-electron chi connectivity index (χ1n) is 7.42. The largest absolute Gasteiger partial charge is 0.494 e. The molecular weight excluding hydrogens is 326 g/mol. The Hall–Kier alpha value is -1.32. The summed E-state index contributed by atoms with van der Waals surface area (Å²) in [6.07, 6.45) is 3.05. The van der Waals surface area contributed by atoms with Gasteiger partial charge in [0.15, 0.2) is 0 Å². The van der Waals surface area contributed by atoms with Crippen molar-refractivity contribution in [3.05, 3.63) is 64.1 Å². The Bertz CT molecular complexity index is 553. The van der Waals surface area contributed by atoms with Crippen LogP contribution in [0.4, 0.5) is 0 Å². The number of ether oxygens (including phenoxy) is 1. The molecule has 0 radical (unpaired) electrons. The summed E-state index contributed by atoms with van der Waals surface area (Å²) < 4.78 is 6.78. The van der Waals surface area contributed by atoms with Crippen LogP contribution in [0.2, 0.25) is 0 Å². The SMILES string of the molecule is CCCCOc1ccc(C(N)Cc2ccccc2Br)cc1. The maximum atomic E-state index is 6.31. The van der Waals surface area contributed by atoms with Crippen LogP contribution in [0.25, 0.3) is 0 Å². The highest BCUT2D eigenvalue weighted by Crippen LogP contribution is 2.23. The van der Waals surface area contributed by atoms with Crippen molar-refractivity contribution in [3.63, 3.8) is 0 Å². The second kappa shape index (κ2) is 8.20. The molecule has 3 heteroatoms. The van der Waals surface area contributed by atoms with E-state index in [0.717, 1.165) is 41.7 Å². The third-order valence-corrected chi connectivity index (χ3v) is 4.25. The summed E-state index contributed by atoms with van der Waals surface area (Å²) in [5.41, 5.74) is 8.67. The molecule has 0 saturated heterocycles. The molecule has 2 N–H and O–H groups in total. The van der Waals surface area contributed by atoms with Gasteiger partial charge in [0.1, 0.15) is 5.75 Å². The highest BCUT2D eigenvalue weighted by Gasteiger charge is 2.09. The number of rotatable bonds is 7. The van der Waals surface area contributed by atoms with Gasteiger partial charge in [0.25, 0.3) is 0 Å². The fraction of sp³-hybridized carbons (Fsp3) is 0.333. The second-order valence-electron chi connectivity index (χ2n) is 5.17. The highest BCUT2D eigenvalue weighted by atomic mass is 79.9. The summed E-state index contributed by atoms with van der Waals surface area (Å²) in [5, 5.41) is 0. The Morgan fingerprint density at radius 2 is 1.81 bits per heavy atom. The average molecular weight is 348 g/mol. The van der Waals surface area contributed by atoms with Crippen molar-refractivity contribution in [2.45, 2.75) is 32.2 Å². The molecule has 0 saturated carbocycles. The minimum Gasteiger partial charge on any atom is -0.494 e. The maximum Gasteiger partial charge on any atom is 0.119 e. The fourth-order valence-corrected chi connectivity index (χ4v) is 2.61. The molecule has 0 fully saturated rings. The molecule has 1 atom stereocenters. The van der Waals surface area contributed by atoms with Crippen LogP contribution in [0.3, 0.4) is 0 Å². The van der Waals surface area contributed by atoms with E-state index in [0.29, 0.717) is 0 Å². The monoisotopic (exact) mass is 347 g/mol. The number of unbranched alkanes of at least 4 members (excludes halogenated alkanes) is 1. The first kappa shape index (κ1) is 16.1. The molecule has 0 aliphatic carbocycles. The van der Waals surface area contributed by atoms with Gasteiger partial charge in [-0.05, 0) is 42.2 Å². The van der Waals surface area contributed by atoms with E-state index < -0.39 is 0 Å². The maximum absolute atomic E-state index is 6.31. The van der Waals surface area contributed by atoms with Crippen LogP contribution in [0.15, 0.2) is 53.0 Å². The Morgan fingerprint density at radius 1 is 1.10 bits per heavy atom. The molecule has 112 valence electrons. The van der Waals surface area contributed by atoms with Gasteiger partial charge >= 0.3 is 0 Å². The van der Waals surface area contributed by atoms with Gasteiger partial charge in [0.05, 0.1) is 6.61 Å². The van der Waals surface area contributed by atoms with Crippen LogP contribution in [-0.4, -0.2) is 6.61 Å². The van der Waals surface area contributed by atoms with Crippen LogP contribution in [0.1, 0.15) is 36.9 Å². The summed E-state index contributed by atoms with van der Waals surface area (Å²) in [7, 11) is 0. The van der Waals surface area contributed by atoms with Crippen molar-refractivity contribution in [2.24, 2.45) is 5.73 Å². The molecule has 0 aliphatic heterocycles. The topological polar surface area (TPSA) is 35.2 Å². The molecule has 0 amide bonds. The van der Waals surface area contributed by atoms with Crippen molar-refractivity contribution in [2.75, 3.05) is 6.61 Å². The van der Waals surface area contributed by atoms with Crippen LogP contribution in [0, 0.1) is 0 Å². The molecule has 1 unspecified atom stereocenters. The number of hydrogen-bond acceptors (Lipinski definition) is 2. The molecule has 0 bridgehead atoms. The molecule has 0 spiro atoms. The Morgan fingerprint density at radius 3 is 2.48 bits per heavy atom. The normalized spacial score (nSPS) is 12.1. The van der Waals surface area contributed by atoms with E-state index in [4.69, 9.17) is 10.5 Å². The van der Waals surface area contributed by atoms with E-state index in [9.17, 15) is 0 Å². The quantitative estimate of drug-likeness (QED) is 0.725. The lowest BCUT2D eigenvalue weighted by molar-refractivity contribution is 0.309. The van der Waals surface area contributed by atoms with Gasteiger partial charge < -0.3 is 10.5 Å². The van der Waals surface area contributed by atoms with E-state index in [2.05, 4.69) is 41.1 Å². The van der Waals surface area contributed by atoms with Crippen LogP contribution in [0.5, 0.6) is 5.75 Å². The van der Waals surface area contributed by atoms with Crippen molar-refractivity contribution in [3.8, 4) is 5.75 Å². The second-order valence-corrected chi connectivity index (χ2v) is 6.03. The van der Waals surface area contributed by atoms with Crippen LogP contribution in [-0.2, 0) is 6.42 Å². The Labute approximate surface area is 135 Å². The van der Waals surface area contributed by atoms with Gasteiger partial charge in [-0.3, -0.25) is 0 Å². The third-order valence-electron chi connectivity index (χ3n) is 3.47. The van der Waals surface area contributed by atoms with Gasteiger partial charge in [0, 0.05) is 10.5 Å². The highest BCUT2D eigenvalue weighted by molar-refractivity contribution is 9.10. The first-order valence-corrected chi connectivity index (χ1v) is 8.21. The molecule has 0 aliphatic rings. The van der Waals surface area contributed by atoms with Gasteiger partial charge in [0.2, 0.25) is 0 Å². The minimum absolute atomic E-state index is 0.00612. The predicted molar refractivity (Wildman–Crippen MR) is 91.6 cm³/mol. The summed E-state index contributed by atoms with van der Waals surface area (Å²) >= 11 is 3.57. The van der Waals surface area contributed by atoms with Gasteiger partial charge in [-0.1, -0.05) is 59.6 Å². The van der Waals surface area contributed by atoms with Gasteiger partial charge in [-0.2, -0.15) is 0 Å². The predicted octanol–water partition coefficient (Wildman–Crippen LogP) is 4.87. The summed E-state index contributed by atoms with van der Waals surface area (Å²) in [5.74, 6) is 0.917. The molecule has 0 heterocycles. The zero-order valence-corrected chi connectivity index (χ0v) is 14.0. The first-order chi connectivity index (χ1) is 10.2.